The highest BCUT2D eigenvalue weighted by Crippen LogP contribution is 2.27. The van der Waals surface area contributed by atoms with Crippen LogP contribution in [0.2, 0.25) is 0 Å². The maximum Gasteiger partial charge on any atom is 0.227 e. The molecule has 4 rings (SSSR count). The van der Waals surface area contributed by atoms with Crippen LogP contribution in [-0.2, 0) is 4.79 Å². The quantitative estimate of drug-likeness (QED) is 0.593. The van der Waals surface area contributed by atoms with Crippen LogP contribution in [0.3, 0.4) is 0 Å². The third-order valence-electron chi connectivity index (χ3n) is 5.52. The highest BCUT2D eigenvalue weighted by Gasteiger charge is 2.27. The average Bonchev–Trinajstić information content (AvgIpc) is 2.84. The Morgan fingerprint density at radius 3 is 2.44 bits per heavy atom. The number of anilines is 2. The zero-order chi connectivity index (χ0) is 22.7. The summed E-state index contributed by atoms with van der Waals surface area (Å²) in [4.78, 5) is 23.2. The molecular weight excluding hydrogens is 421 g/mol. The van der Waals surface area contributed by atoms with Crippen LogP contribution in [0, 0.1) is 23.4 Å². The summed E-state index contributed by atoms with van der Waals surface area (Å²) in [6.07, 6.45) is 2.53. The first kappa shape index (κ1) is 21.6. The first-order valence-corrected chi connectivity index (χ1v) is 10.1. The van der Waals surface area contributed by atoms with Gasteiger partial charge in [-0.2, -0.15) is 0 Å². The molecule has 0 saturated carbocycles. The molecule has 1 saturated heterocycles. The number of rotatable bonds is 5. The molecule has 1 fully saturated rings. The van der Waals surface area contributed by atoms with E-state index in [0.29, 0.717) is 25.9 Å². The van der Waals surface area contributed by atoms with Crippen molar-refractivity contribution in [1.29, 1.82) is 0 Å². The number of amides is 1. The normalized spacial score (nSPS) is 14.3. The van der Waals surface area contributed by atoms with Crippen molar-refractivity contribution < 1.29 is 22.7 Å². The van der Waals surface area contributed by atoms with Gasteiger partial charge in [-0.25, -0.2) is 23.1 Å². The SMILES string of the molecule is COc1ccc(-c2cc(N3CCC(C(=O)Nc4ccc(F)c(F)c4F)CC3)ncn2)cc1. The second-order valence-corrected chi connectivity index (χ2v) is 7.46. The summed E-state index contributed by atoms with van der Waals surface area (Å²) in [5.74, 6) is -3.59. The van der Waals surface area contributed by atoms with Crippen molar-refractivity contribution in [2.24, 2.45) is 5.92 Å². The number of aromatic nitrogens is 2. The van der Waals surface area contributed by atoms with Crippen LogP contribution >= 0.6 is 0 Å². The summed E-state index contributed by atoms with van der Waals surface area (Å²) >= 11 is 0. The Bertz CT molecular complexity index is 1120. The number of methoxy groups -OCH3 is 1. The predicted octanol–water partition coefficient (Wildman–Crippen LogP) is 4.42. The molecule has 1 amide bonds. The number of hydrogen-bond acceptors (Lipinski definition) is 5. The Hall–Kier alpha value is -3.62. The van der Waals surface area contributed by atoms with Gasteiger partial charge in [0.25, 0.3) is 0 Å². The number of carbonyl (C=O) groups excluding carboxylic acids is 1. The topological polar surface area (TPSA) is 67.3 Å². The maximum absolute atomic E-state index is 13.8. The molecule has 1 aromatic heterocycles. The van der Waals surface area contributed by atoms with Crippen LogP contribution in [-0.4, -0.2) is 36.1 Å². The van der Waals surface area contributed by atoms with Gasteiger partial charge in [0, 0.05) is 30.6 Å². The molecule has 0 radical (unpaired) electrons. The lowest BCUT2D eigenvalue weighted by Crippen LogP contribution is -2.38. The van der Waals surface area contributed by atoms with E-state index in [2.05, 4.69) is 20.2 Å². The lowest BCUT2D eigenvalue weighted by Gasteiger charge is -2.32. The molecule has 1 N–H and O–H groups in total. The molecule has 2 heterocycles. The summed E-state index contributed by atoms with van der Waals surface area (Å²) in [5.41, 5.74) is 1.33. The standard InChI is InChI=1S/C23H21F3N4O2/c1-32-16-4-2-14(3-5-16)19-12-20(28-13-27-19)30-10-8-15(9-11-30)23(31)29-18-7-6-17(24)21(25)22(18)26/h2-7,12-13,15H,8-11H2,1H3,(H,29,31). The fraction of sp³-hybridized carbons (Fsp3) is 0.261. The highest BCUT2D eigenvalue weighted by molar-refractivity contribution is 5.92. The third-order valence-corrected chi connectivity index (χ3v) is 5.52. The number of ether oxygens (including phenoxy) is 1. The summed E-state index contributed by atoms with van der Waals surface area (Å²) in [5, 5.41) is 2.37. The number of nitrogens with one attached hydrogen (secondary N) is 1. The zero-order valence-corrected chi connectivity index (χ0v) is 17.3. The number of nitrogens with zero attached hydrogens (tertiary/aromatic N) is 3. The molecule has 3 aromatic rings. The number of carbonyl (C=O) groups is 1. The van der Waals surface area contributed by atoms with E-state index in [1.807, 2.05) is 30.3 Å². The summed E-state index contributed by atoms with van der Waals surface area (Å²) in [7, 11) is 1.61. The third kappa shape index (κ3) is 4.51. The number of benzene rings is 2. The van der Waals surface area contributed by atoms with E-state index in [1.165, 1.54) is 6.33 Å². The lowest BCUT2D eigenvalue weighted by atomic mass is 9.95. The Morgan fingerprint density at radius 1 is 1.03 bits per heavy atom. The van der Waals surface area contributed by atoms with Crippen LogP contribution in [0.5, 0.6) is 5.75 Å². The van der Waals surface area contributed by atoms with Crippen LogP contribution < -0.4 is 15.0 Å². The van der Waals surface area contributed by atoms with Gasteiger partial charge in [0.05, 0.1) is 18.5 Å². The molecule has 0 aliphatic carbocycles. The van der Waals surface area contributed by atoms with E-state index in [4.69, 9.17) is 4.74 Å². The van der Waals surface area contributed by atoms with Gasteiger partial charge in [0.15, 0.2) is 17.5 Å². The second-order valence-electron chi connectivity index (χ2n) is 7.46. The van der Waals surface area contributed by atoms with E-state index in [9.17, 15) is 18.0 Å². The van der Waals surface area contributed by atoms with E-state index in [-0.39, 0.29) is 11.6 Å². The van der Waals surface area contributed by atoms with Gasteiger partial charge < -0.3 is 15.0 Å². The van der Waals surface area contributed by atoms with Crippen LogP contribution in [0.1, 0.15) is 12.8 Å². The van der Waals surface area contributed by atoms with Gasteiger partial charge >= 0.3 is 0 Å². The predicted molar refractivity (Wildman–Crippen MR) is 114 cm³/mol. The van der Waals surface area contributed by atoms with Crippen molar-refractivity contribution in [3.05, 3.63) is 66.2 Å². The monoisotopic (exact) mass is 442 g/mol. The smallest absolute Gasteiger partial charge is 0.227 e. The van der Waals surface area contributed by atoms with Crippen molar-refractivity contribution >= 4 is 17.4 Å². The highest BCUT2D eigenvalue weighted by atomic mass is 19.2. The van der Waals surface area contributed by atoms with Crippen LogP contribution in [0.4, 0.5) is 24.7 Å². The van der Waals surface area contributed by atoms with E-state index in [0.717, 1.165) is 35.0 Å². The minimum absolute atomic E-state index is 0.365. The zero-order valence-electron chi connectivity index (χ0n) is 17.3. The molecule has 0 unspecified atom stereocenters. The van der Waals surface area contributed by atoms with Crippen molar-refractivity contribution in [3.63, 3.8) is 0 Å². The van der Waals surface area contributed by atoms with Gasteiger partial charge in [-0.05, 0) is 49.2 Å². The molecule has 32 heavy (non-hydrogen) atoms. The largest absolute Gasteiger partial charge is 0.497 e. The van der Waals surface area contributed by atoms with Crippen molar-refractivity contribution in [2.45, 2.75) is 12.8 Å². The van der Waals surface area contributed by atoms with E-state index in [1.54, 1.807) is 7.11 Å². The molecule has 0 bridgehead atoms. The molecule has 6 nitrogen and oxygen atoms in total. The van der Waals surface area contributed by atoms with Crippen LogP contribution in [0.25, 0.3) is 11.3 Å². The number of piperidine rings is 1. The molecule has 1 aliphatic rings. The molecule has 166 valence electrons. The van der Waals surface area contributed by atoms with Gasteiger partial charge in [0.2, 0.25) is 5.91 Å². The Kier molecular flexibility index (Phi) is 6.25. The second kappa shape index (κ2) is 9.25. The van der Waals surface area contributed by atoms with Gasteiger partial charge in [-0.15, -0.1) is 0 Å². The van der Waals surface area contributed by atoms with Crippen molar-refractivity contribution in [3.8, 4) is 17.0 Å². The van der Waals surface area contributed by atoms with Gasteiger partial charge in [-0.3, -0.25) is 4.79 Å². The fourth-order valence-electron chi connectivity index (χ4n) is 3.67. The molecule has 1 aliphatic heterocycles. The van der Waals surface area contributed by atoms with Crippen molar-refractivity contribution in [1.82, 2.24) is 9.97 Å². The molecule has 0 spiro atoms. The van der Waals surface area contributed by atoms with E-state index >= 15 is 0 Å². The summed E-state index contributed by atoms with van der Waals surface area (Å²) < 4.78 is 45.5. The molecule has 2 aromatic carbocycles. The summed E-state index contributed by atoms with van der Waals surface area (Å²) in [6, 6.07) is 11.2. The van der Waals surface area contributed by atoms with Gasteiger partial charge in [0.1, 0.15) is 17.9 Å². The molecule has 9 heteroatoms. The number of hydrogen-bond donors (Lipinski definition) is 1. The molecular formula is C23H21F3N4O2. The first-order chi connectivity index (χ1) is 15.5. The Balaban J connectivity index is 1.39. The van der Waals surface area contributed by atoms with Crippen molar-refractivity contribution in [2.75, 3.05) is 30.4 Å². The molecule has 0 atom stereocenters. The van der Waals surface area contributed by atoms with Crippen LogP contribution in [0.15, 0.2) is 48.8 Å². The lowest BCUT2D eigenvalue weighted by molar-refractivity contribution is -0.120. The van der Waals surface area contributed by atoms with E-state index < -0.39 is 23.4 Å². The maximum atomic E-state index is 13.8. The van der Waals surface area contributed by atoms with Gasteiger partial charge in [-0.1, -0.05) is 0 Å². The average molecular weight is 442 g/mol. The fourth-order valence-corrected chi connectivity index (χ4v) is 3.67. The first-order valence-electron chi connectivity index (χ1n) is 10.1. The number of halogens is 3. The minimum Gasteiger partial charge on any atom is -0.497 e. The minimum atomic E-state index is -1.60. The Labute approximate surface area is 183 Å². The summed E-state index contributed by atoms with van der Waals surface area (Å²) in [6.45, 7) is 1.13. The Morgan fingerprint density at radius 2 is 1.75 bits per heavy atom.